The van der Waals surface area contributed by atoms with E-state index in [0.717, 1.165) is 11.3 Å². The van der Waals surface area contributed by atoms with Crippen molar-refractivity contribution in [3.05, 3.63) is 102 Å². The molecule has 0 radical (unpaired) electrons. The first-order valence-corrected chi connectivity index (χ1v) is 8.30. The summed E-state index contributed by atoms with van der Waals surface area (Å²) >= 11 is 0. The maximum atomic E-state index is 12.9. The Kier molecular flexibility index (Phi) is 5.44. The molecular weight excluding hydrogens is 326 g/mol. The summed E-state index contributed by atoms with van der Waals surface area (Å²) in [5, 5.41) is 0. The third-order valence-electron chi connectivity index (χ3n) is 4.04. The van der Waals surface area contributed by atoms with E-state index in [0.29, 0.717) is 5.56 Å². The molecule has 0 aliphatic rings. The minimum Gasteiger partial charge on any atom is -0.457 e. The first kappa shape index (κ1) is 17.4. The minimum atomic E-state index is -0.515. The Balaban J connectivity index is 1.79. The maximum Gasteiger partial charge on any atom is 0.339 e. The minimum absolute atomic E-state index is 0.163. The van der Waals surface area contributed by atoms with Crippen molar-refractivity contribution in [1.82, 2.24) is 0 Å². The fourth-order valence-corrected chi connectivity index (χ4v) is 2.60. The third-order valence-corrected chi connectivity index (χ3v) is 4.04. The fraction of sp³-hybridized carbons (Fsp3) is 0.0909. The maximum absolute atomic E-state index is 12.9. The molecule has 0 aliphatic carbocycles. The van der Waals surface area contributed by atoms with E-state index in [1.807, 2.05) is 60.7 Å². The van der Waals surface area contributed by atoms with Gasteiger partial charge in [0.05, 0.1) is 11.1 Å². The van der Waals surface area contributed by atoms with E-state index in [4.69, 9.17) is 4.74 Å². The van der Waals surface area contributed by atoms with E-state index in [1.165, 1.54) is 4.90 Å². The van der Waals surface area contributed by atoms with E-state index >= 15 is 0 Å². The molecule has 3 rings (SSSR count). The molecule has 4 nitrogen and oxygen atoms in total. The highest BCUT2D eigenvalue weighted by Gasteiger charge is 2.21. The van der Waals surface area contributed by atoms with Gasteiger partial charge in [-0.3, -0.25) is 4.79 Å². The van der Waals surface area contributed by atoms with E-state index in [-0.39, 0.29) is 18.1 Å². The van der Waals surface area contributed by atoms with Crippen molar-refractivity contribution in [2.24, 2.45) is 0 Å². The Bertz CT molecular complexity index is 892. The molecule has 0 atom stereocenters. The van der Waals surface area contributed by atoms with Crippen LogP contribution in [-0.4, -0.2) is 18.9 Å². The number of rotatable bonds is 5. The van der Waals surface area contributed by atoms with E-state index in [2.05, 4.69) is 0 Å². The van der Waals surface area contributed by atoms with Crippen molar-refractivity contribution < 1.29 is 14.3 Å². The van der Waals surface area contributed by atoms with E-state index < -0.39 is 5.97 Å². The number of para-hydroxylation sites is 1. The quantitative estimate of drug-likeness (QED) is 0.647. The van der Waals surface area contributed by atoms with Crippen molar-refractivity contribution in [1.29, 1.82) is 0 Å². The average Bonchev–Trinajstić information content (AvgIpc) is 2.72. The zero-order valence-electron chi connectivity index (χ0n) is 14.5. The fourth-order valence-electron chi connectivity index (χ4n) is 2.60. The van der Waals surface area contributed by atoms with Gasteiger partial charge >= 0.3 is 5.97 Å². The Morgan fingerprint density at radius 3 is 1.96 bits per heavy atom. The SMILES string of the molecule is CN(C(=O)c1ccccc1C(=O)OCc1ccccc1)c1ccccc1. The van der Waals surface area contributed by atoms with Crippen LogP contribution in [0.15, 0.2) is 84.9 Å². The predicted octanol–water partition coefficient (Wildman–Crippen LogP) is 4.32. The highest BCUT2D eigenvalue weighted by molar-refractivity contribution is 6.11. The summed E-state index contributed by atoms with van der Waals surface area (Å²) in [5.74, 6) is -0.775. The molecule has 3 aromatic carbocycles. The van der Waals surface area contributed by atoms with Gasteiger partial charge in [-0.25, -0.2) is 4.79 Å². The number of esters is 1. The van der Waals surface area contributed by atoms with E-state index in [1.54, 1.807) is 31.3 Å². The Hall–Kier alpha value is -3.40. The number of carbonyl (C=O) groups is 2. The van der Waals surface area contributed by atoms with Crippen LogP contribution in [0.4, 0.5) is 5.69 Å². The van der Waals surface area contributed by atoms with Gasteiger partial charge in [-0.2, -0.15) is 0 Å². The zero-order valence-corrected chi connectivity index (χ0v) is 14.5. The summed E-state index contributed by atoms with van der Waals surface area (Å²) in [4.78, 5) is 26.9. The van der Waals surface area contributed by atoms with Crippen LogP contribution in [0.3, 0.4) is 0 Å². The molecule has 0 bridgehead atoms. The van der Waals surface area contributed by atoms with Crippen molar-refractivity contribution >= 4 is 17.6 Å². The number of amides is 1. The van der Waals surface area contributed by atoms with Crippen molar-refractivity contribution in [3.63, 3.8) is 0 Å². The van der Waals surface area contributed by atoms with Crippen molar-refractivity contribution in [2.45, 2.75) is 6.61 Å². The van der Waals surface area contributed by atoms with Crippen LogP contribution < -0.4 is 4.90 Å². The molecule has 130 valence electrons. The van der Waals surface area contributed by atoms with E-state index in [9.17, 15) is 9.59 Å². The molecule has 0 heterocycles. The molecule has 1 amide bonds. The van der Waals surface area contributed by atoms with Gasteiger partial charge in [-0.1, -0.05) is 60.7 Å². The number of hydrogen-bond acceptors (Lipinski definition) is 3. The van der Waals surface area contributed by atoms with Crippen LogP contribution in [-0.2, 0) is 11.3 Å². The molecule has 4 heteroatoms. The molecule has 0 unspecified atom stereocenters. The van der Waals surface area contributed by atoms with Gasteiger partial charge in [-0.15, -0.1) is 0 Å². The molecule has 0 aliphatic heterocycles. The van der Waals surface area contributed by atoms with Crippen molar-refractivity contribution in [3.8, 4) is 0 Å². The van der Waals surface area contributed by atoms with Crippen LogP contribution in [0.1, 0.15) is 26.3 Å². The normalized spacial score (nSPS) is 10.2. The molecule has 0 spiro atoms. The lowest BCUT2D eigenvalue weighted by Crippen LogP contribution is -2.28. The van der Waals surface area contributed by atoms with Gasteiger partial charge in [0.25, 0.3) is 5.91 Å². The van der Waals surface area contributed by atoms with Crippen LogP contribution in [0.2, 0.25) is 0 Å². The number of nitrogens with zero attached hydrogens (tertiary/aromatic N) is 1. The second kappa shape index (κ2) is 8.12. The number of ether oxygens (including phenoxy) is 1. The van der Waals surface area contributed by atoms with Crippen LogP contribution in [0.5, 0.6) is 0 Å². The second-order valence-corrected chi connectivity index (χ2v) is 5.81. The number of carbonyl (C=O) groups excluding carboxylic acids is 2. The molecule has 0 N–H and O–H groups in total. The number of hydrogen-bond donors (Lipinski definition) is 0. The van der Waals surface area contributed by atoms with Crippen molar-refractivity contribution in [2.75, 3.05) is 11.9 Å². The predicted molar refractivity (Wildman–Crippen MR) is 101 cm³/mol. The van der Waals surface area contributed by atoms with Crippen LogP contribution >= 0.6 is 0 Å². The first-order valence-electron chi connectivity index (χ1n) is 8.30. The first-order chi connectivity index (χ1) is 12.7. The highest BCUT2D eigenvalue weighted by Crippen LogP contribution is 2.18. The lowest BCUT2D eigenvalue weighted by atomic mass is 10.1. The molecule has 3 aromatic rings. The largest absolute Gasteiger partial charge is 0.457 e. The molecule has 0 saturated heterocycles. The standard InChI is InChI=1S/C22H19NO3/c1-23(18-12-6-3-7-13-18)21(24)19-14-8-9-15-20(19)22(25)26-16-17-10-4-2-5-11-17/h2-15H,16H2,1H3. The molecule has 26 heavy (non-hydrogen) atoms. The molecule has 0 fully saturated rings. The summed E-state index contributed by atoms with van der Waals surface area (Å²) in [6.45, 7) is 0.163. The summed E-state index contributed by atoms with van der Waals surface area (Å²) in [6, 6.07) is 25.4. The monoisotopic (exact) mass is 345 g/mol. The van der Waals surface area contributed by atoms with Gasteiger partial charge in [-0.05, 0) is 29.8 Å². The van der Waals surface area contributed by atoms with Crippen LogP contribution in [0, 0.1) is 0 Å². The van der Waals surface area contributed by atoms with Gasteiger partial charge in [0.1, 0.15) is 6.61 Å². The van der Waals surface area contributed by atoms with Gasteiger partial charge < -0.3 is 9.64 Å². The number of benzene rings is 3. The summed E-state index contributed by atoms with van der Waals surface area (Å²) < 4.78 is 5.38. The lowest BCUT2D eigenvalue weighted by molar-refractivity contribution is 0.0470. The Labute approximate surface area is 152 Å². The zero-order chi connectivity index (χ0) is 18.4. The smallest absolute Gasteiger partial charge is 0.339 e. The lowest BCUT2D eigenvalue weighted by Gasteiger charge is -2.18. The van der Waals surface area contributed by atoms with Crippen LogP contribution in [0.25, 0.3) is 0 Å². The highest BCUT2D eigenvalue weighted by atomic mass is 16.5. The third kappa shape index (κ3) is 3.98. The summed E-state index contributed by atoms with van der Waals surface area (Å²) in [6.07, 6.45) is 0. The molecular formula is C22H19NO3. The number of anilines is 1. The molecule has 0 aromatic heterocycles. The topological polar surface area (TPSA) is 46.6 Å². The van der Waals surface area contributed by atoms with Gasteiger partial charge in [0, 0.05) is 12.7 Å². The summed E-state index contributed by atoms with van der Waals surface area (Å²) in [5.41, 5.74) is 2.23. The van der Waals surface area contributed by atoms with Gasteiger partial charge in [0.15, 0.2) is 0 Å². The second-order valence-electron chi connectivity index (χ2n) is 5.81. The molecule has 0 saturated carbocycles. The Morgan fingerprint density at radius 2 is 1.31 bits per heavy atom. The van der Waals surface area contributed by atoms with Gasteiger partial charge in [0.2, 0.25) is 0 Å². The Morgan fingerprint density at radius 1 is 0.769 bits per heavy atom. The average molecular weight is 345 g/mol. The summed E-state index contributed by atoms with van der Waals surface area (Å²) in [7, 11) is 1.68.